The van der Waals surface area contributed by atoms with Crippen LogP contribution in [0.3, 0.4) is 0 Å². The lowest BCUT2D eigenvalue weighted by Crippen LogP contribution is -2.37. The number of nitrogens with zero attached hydrogens (tertiary/aromatic N) is 5. The van der Waals surface area contributed by atoms with Gasteiger partial charge in [0, 0.05) is 26.7 Å². The van der Waals surface area contributed by atoms with Crippen LogP contribution in [0.15, 0.2) is 6.33 Å². The van der Waals surface area contributed by atoms with Crippen molar-refractivity contribution in [2.45, 2.75) is 19.8 Å². The molecule has 8 nitrogen and oxygen atoms in total. The molecule has 21 heavy (non-hydrogen) atoms. The van der Waals surface area contributed by atoms with Crippen molar-refractivity contribution in [2.24, 2.45) is 0 Å². The van der Waals surface area contributed by atoms with Gasteiger partial charge in [0.2, 0.25) is 11.6 Å². The van der Waals surface area contributed by atoms with Crippen LogP contribution in [0.4, 0.5) is 17.3 Å². The molecule has 116 valence electrons. The highest BCUT2D eigenvalue weighted by Gasteiger charge is 2.29. The minimum Gasteiger partial charge on any atom is -0.378 e. The zero-order chi connectivity index (χ0) is 15.2. The number of ether oxygens (including phenoxy) is 1. The van der Waals surface area contributed by atoms with Crippen molar-refractivity contribution in [1.82, 2.24) is 9.97 Å². The summed E-state index contributed by atoms with van der Waals surface area (Å²) in [5.41, 5.74) is -0.0157. The number of hydrogen-bond acceptors (Lipinski definition) is 7. The summed E-state index contributed by atoms with van der Waals surface area (Å²) >= 11 is 0. The molecule has 0 aromatic carbocycles. The maximum absolute atomic E-state index is 11.5. The SMILES string of the molecule is CCCCN(C)c1ncnc(N2CCOCC2)c1[N+](=O)[O-]. The fourth-order valence-electron chi connectivity index (χ4n) is 2.31. The van der Waals surface area contributed by atoms with Gasteiger partial charge in [-0.15, -0.1) is 0 Å². The van der Waals surface area contributed by atoms with E-state index in [0.717, 1.165) is 19.4 Å². The smallest absolute Gasteiger partial charge is 0.353 e. The average molecular weight is 295 g/mol. The van der Waals surface area contributed by atoms with Crippen molar-refractivity contribution in [2.75, 3.05) is 49.7 Å². The fraction of sp³-hybridized carbons (Fsp3) is 0.692. The Morgan fingerprint density at radius 3 is 2.76 bits per heavy atom. The Kier molecular flexibility index (Phi) is 5.26. The van der Waals surface area contributed by atoms with E-state index in [1.807, 2.05) is 16.8 Å². The zero-order valence-electron chi connectivity index (χ0n) is 12.5. The molecule has 2 rings (SSSR count). The van der Waals surface area contributed by atoms with E-state index in [9.17, 15) is 10.1 Å². The van der Waals surface area contributed by atoms with Crippen LogP contribution in [0.2, 0.25) is 0 Å². The highest BCUT2D eigenvalue weighted by molar-refractivity contribution is 5.71. The zero-order valence-corrected chi connectivity index (χ0v) is 12.5. The highest BCUT2D eigenvalue weighted by Crippen LogP contribution is 2.33. The molecule has 0 amide bonds. The summed E-state index contributed by atoms with van der Waals surface area (Å²) in [5, 5.41) is 11.5. The lowest BCUT2D eigenvalue weighted by Gasteiger charge is -2.28. The molecule has 2 heterocycles. The summed E-state index contributed by atoms with van der Waals surface area (Å²) < 4.78 is 5.29. The van der Waals surface area contributed by atoms with Gasteiger partial charge in [0.15, 0.2) is 0 Å². The Morgan fingerprint density at radius 1 is 1.43 bits per heavy atom. The second kappa shape index (κ2) is 7.16. The summed E-state index contributed by atoms with van der Waals surface area (Å²) in [6.07, 6.45) is 3.39. The molecule has 8 heteroatoms. The third-order valence-corrected chi connectivity index (χ3v) is 3.49. The Morgan fingerprint density at radius 2 is 2.14 bits per heavy atom. The van der Waals surface area contributed by atoms with Gasteiger partial charge in [-0.1, -0.05) is 13.3 Å². The number of unbranched alkanes of at least 4 members (excludes halogenated alkanes) is 1. The van der Waals surface area contributed by atoms with Crippen LogP contribution in [0.5, 0.6) is 0 Å². The molecule has 0 unspecified atom stereocenters. The molecule has 0 radical (unpaired) electrons. The monoisotopic (exact) mass is 295 g/mol. The summed E-state index contributed by atoms with van der Waals surface area (Å²) in [5.74, 6) is 0.765. The number of anilines is 2. The first-order valence-corrected chi connectivity index (χ1v) is 7.18. The topological polar surface area (TPSA) is 84.6 Å². The molecular formula is C13H21N5O3. The third kappa shape index (κ3) is 3.57. The van der Waals surface area contributed by atoms with Gasteiger partial charge in [-0.2, -0.15) is 0 Å². The van der Waals surface area contributed by atoms with Gasteiger partial charge in [0.1, 0.15) is 6.33 Å². The Hall–Kier alpha value is -1.96. The van der Waals surface area contributed by atoms with Crippen molar-refractivity contribution in [3.8, 4) is 0 Å². The maximum Gasteiger partial charge on any atom is 0.353 e. The van der Waals surface area contributed by atoms with E-state index in [1.165, 1.54) is 6.33 Å². The van der Waals surface area contributed by atoms with Crippen molar-refractivity contribution < 1.29 is 9.66 Å². The quantitative estimate of drug-likeness (QED) is 0.580. The van der Waals surface area contributed by atoms with Crippen molar-refractivity contribution >= 4 is 17.3 Å². The van der Waals surface area contributed by atoms with Gasteiger partial charge in [-0.25, -0.2) is 9.97 Å². The molecule has 1 aliphatic heterocycles. The first-order valence-electron chi connectivity index (χ1n) is 7.18. The van der Waals surface area contributed by atoms with Crippen molar-refractivity contribution in [3.05, 3.63) is 16.4 Å². The third-order valence-electron chi connectivity index (χ3n) is 3.49. The van der Waals surface area contributed by atoms with E-state index in [2.05, 4.69) is 16.9 Å². The van der Waals surface area contributed by atoms with Gasteiger partial charge in [-0.3, -0.25) is 10.1 Å². The van der Waals surface area contributed by atoms with E-state index >= 15 is 0 Å². The molecule has 1 aromatic rings. The van der Waals surface area contributed by atoms with Crippen LogP contribution in [-0.2, 0) is 4.74 Å². The van der Waals surface area contributed by atoms with E-state index in [-0.39, 0.29) is 10.6 Å². The molecule has 0 saturated carbocycles. The highest BCUT2D eigenvalue weighted by atomic mass is 16.6. The van der Waals surface area contributed by atoms with Crippen LogP contribution in [0, 0.1) is 10.1 Å². The summed E-state index contributed by atoms with van der Waals surface area (Å²) in [6.45, 7) is 5.15. The molecule has 0 spiro atoms. The number of aromatic nitrogens is 2. The maximum atomic E-state index is 11.5. The first-order chi connectivity index (χ1) is 10.1. The lowest BCUT2D eigenvalue weighted by molar-refractivity contribution is -0.383. The first kappa shape index (κ1) is 15.4. The minimum absolute atomic E-state index is 0.0157. The largest absolute Gasteiger partial charge is 0.378 e. The predicted molar refractivity (Wildman–Crippen MR) is 79.9 cm³/mol. The molecule has 1 aromatic heterocycles. The molecular weight excluding hydrogens is 274 g/mol. The van der Waals surface area contributed by atoms with Gasteiger partial charge in [-0.05, 0) is 6.42 Å². The van der Waals surface area contributed by atoms with Crippen molar-refractivity contribution in [3.63, 3.8) is 0 Å². The summed E-state index contributed by atoms with van der Waals surface area (Å²) in [7, 11) is 1.83. The van der Waals surface area contributed by atoms with Crippen LogP contribution in [0.25, 0.3) is 0 Å². The average Bonchev–Trinajstić information content (AvgIpc) is 2.52. The normalized spacial score (nSPS) is 15.0. The Labute approximate surface area is 123 Å². The predicted octanol–water partition coefficient (Wildman–Crippen LogP) is 1.46. The standard InChI is InChI=1S/C13H21N5O3/c1-3-4-5-16(2)12-11(18(19)20)13(15-10-14-12)17-6-8-21-9-7-17/h10H,3-9H2,1-2H3. The van der Waals surface area contributed by atoms with Gasteiger partial charge in [0.05, 0.1) is 18.1 Å². The molecule has 0 bridgehead atoms. The van der Waals surface area contributed by atoms with E-state index in [1.54, 1.807) is 0 Å². The minimum atomic E-state index is -0.386. The van der Waals surface area contributed by atoms with Gasteiger partial charge < -0.3 is 14.5 Å². The molecule has 0 atom stereocenters. The number of morpholine rings is 1. The van der Waals surface area contributed by atoms with Crippen LogP contribution >= 0.6 is 0 Å². The number of rotatable bonds is 6. The second-order valence-corrected chi connectivity index (χ2v) is 5.00. The van der Waals surface area contributed by atoms with Crippen LogP contribution in [0.1, 0.15) is 19.8 Å². The summed E-state index contributed by atoms with van der Waals surface area (Å²) in [6, 6.07) is 0. The van der Waals surface area contributed by atoms with Gasteiger partial charge in [0.25, 0.3) is 0 Å². The number of hydrogen-bond donors (Lipinski definition) is 0. The van der Waals surface area contributed by atoms with Crippen LogP contribution < -0.4 is 9.80 Å². The fourth-order valence-corrected chi connectivity index (χ4v) is 2.31. The Balaban J connectivity index is 2.34. The van der Waals surface area contributed by atoms with E-state index < -0.39 is 0 Å². The van der Waals surface area contributed by atoms with Gasteiger partial charge >= 0.3 is 5.69 Å². The molecule has 1 saturated heterocycles. The molecule has 0 aliphatic carbocycles. The molecule has 1 aliphatic rings. The van der Waals surface area contributed by atoms with E-state index in [0.29, 0.717) is 37.9 Å². The van der Waals surface area contributed by atoms with E-state index in [4.69, 9.17) is 4.74 Å². The van der Waals surface area contributed by atoms with Crippen molar-refractivity contribution in [1.29, 1.82) is 0 Å². The molecule has 0 N–H and O–H groups in total. The lowest BCUT2D eigenvalue weighted by atomic mass is 10.3. The Bertz CT molecular complexity index is 491. The second-order valence-electron chi connectivity index (χ2n) is 5.00. The number of nitro groups is 1. The summed E-state index contributed by atoms with van der Waals surface area (Å²) in [4.78, 5) is 23.1. The molecule has 1 fully saturated rings. The van der Waals surface area contributed by atoms with Crippen LogP contribution in [-0.4, -0.2) is 54.8 Å².